The third-order valence-electron chi connectivity index (χ3n) is 4.29. The zero-order valence-electron chi connectivity index (χ0n) is 16.6. The Labute approximate surface area is 189 Å². The van der Waals surface area contributed by atoms with Gasteiger partial charge >= 0.3 is 12.1 Å². The second-order valence-electron chi connectivity index (χ2n) is 6.54. The first kappa shape index (κ1) is 22.8. The Morgan fingerprint density at radius 1 is 1.23 bits per heavy atom. The Hall–Kier alpha value is -2.89. The molecule has 0 aromatic heterocycles. The van der Waals surface area contributed by atoms with E-state index < -0.39 is 23.6 Å². The predicted octanol–water partition coefficient (Wildman–Crippen LogP) is 5.05. The lowest BCUT2D eigenvalue weighted by Crippen LogP contribution is -2.21. The molecule has 0 N–H and O–H groups in total. The molecule has 1 aliphatic heterocycles. The number of anilines is 1. The fraction of sp³-hybridized carbons (Fsp3) is 0.190. The highest BCUT2D eigenvalue weighted by Crippen LogP contribution is 2.36. The first-order valence-electron chi connectivity index (χ1n) is 8.86. The molecule has 1 amide bonds. The van der Waals surface area contributed by atoms with E-state index in [4.69, 9.17) is 9.47 Å². The van der Waals surface area contributed by atoms with Crippen LogP contribution in [0, 0.1) is 3.57 Å². The lowest BCUT2D eigenvalue weighted by Gasteiger charge is -2.14. The average molecular weight is 544 g/mol. The SMILES string of the molecule is COc1cc(/C=C2\C(=O)N(c3cccc(C(F)(F)F)c3)N=C2C)cc(I)c1OC(C)=O. The maximum Gasteiger partial charge on any atom is 0.416 e. The van der Waals surface area contributed by atoms with Crippen LogP contribution in [-0.2, 0) is 15.8 Å². The molecule has 1 heterocycles. The number of hydrazone groups is 1. The molecule has 6 nitrogen and oxygen atoms in total. The Bertz CT molecular complexity index is 1130. The minimum absolute atomic E-state index is 0.0138. The molecule has 0 fully saturated rings. The van der Waals surface area contributed by atoms with Crippen LogP contribution in [0.1, 0.15) is 25.0 Å². The smallest absolute Gasteiger partial charge is 0.416 e. The van der Waals surface area contributed by atoms with Gasteiger partial charge < -0.3 is 9.47 Å². The molecule has 0 saturated carbocycles. The maximum absolute atomic E-state index is 13.0. The standard InChI is InChI=1S/C21H16F3IN2O4/c1-11-16(7-13-8-17(25)19(31-12(2)28)18(9-13)30-3)20(29)27(26-11)15-6-4-5-14(10-15)21(22,23)24/h4-10H,1-3H3/b16-7-. The summed E-state index contributed by atoms with van der Waals surface area (Å²) in [5.41, 5.74) is 0.278. The van der Waals surface area contributed by atoms with Gasteiger partial charge in [0, 0.05) is 6.92 Å². The molecule has 2 aromatic rings. The number of hydrogen-bond donors (Lipinski definition) is 0. The van der Waals surface area contributed by atoms with Crippen molar-refractivity contribution in [3.05, 3.63) is 56.7 Å². The number of ether oxygens (including phenoxy) is 2. The van der Waals surface area contributed by atoms with Crippen molar-refractivity contribution >= 4 is 51.9 Å². The number of nitrogens with zero attached hydrogens (tertiary/aromatic N) is 2. The van der Waals surface area contributed by atoms with E-state index in [1.54, 1.807) is 25.1 Å². The van der Waals surface area contributed by atoms with Crippen molar-refractivity contribution in [3.63, 3.8) is 0 Å². The Kier molecular flexibility index (Phi) is 6.39. The Balaban J connectivity index is 1.97. The molecule has 0 radical (unpaired) electrons. The van der Waals surface area contributed by atoms with Gasteiger partial charge in [0.15, 0.2) is 11.5 Å². The molecule has 0 bridgehead atoms. The van der Waals surface area contributed by atoms with E-state index in [1.807, 2.05) is 22.6 Å². The number of benzene rings is 2. The topological polar surface area (TPSA) is 68.2 Å². The molecule has 1 aliphatic rings. The van der Waals surface area contributed by atoms with Crippen LogP contribution in [0.15, 0.2) is 47.1 Å². The van der Waals surface area contributed by atoms with E-state index in [-0.39, 0.29) is 17.0 Å². The summed E-state index contributed by atoms with van der Waals surface area (Å²) in [6.07, 6.45) is -2.98. The second kappa shape index (κ2) is 8.69. The molecular formula is C21H16F3IN2O4. The molecular weight excluding hydrogens is 528 g/mol. The van der Waals surface area contributed by atoms with E-state index >= 15 is 0 Å². The molecule has 0 aliphatic carbocycles. The van der Waals surface area contributed by atoms with E-state index in [9.17, 15) is 22.8 Å². The molecule has 3 rings (SSSR count). The van der Waals surface area contributed by atoms with Crippen LogP contribution in [0.3, 0.4) is 0 Å². The predicted molar refractivity (Wildman–Crippen MR) is 117 cm³/mol. The summed E-state index contributed by atoms with van der Waals surface area (Å²) < 4.78 is 50.1. The number of hydrogen-bond acceptors (Lipinski definition) is 5. The summed E-state index contributed by atoms with van der Waals surface area (Å²) in [7, 11) is 1.41. The van der Waals surface area contributed by atoms with E-state index in [0.29, 0.717) is 20.6 Å². The van der Waals surface area contributed by atoms with Crippen LogP contribution in [0.4, 0.5) is 18.9 Å². The van der Waals surface area contributed by atoms with Crippen LogP contribution >= 0.6 is 22.6 Å². The van der Waals surface area contributed by atoms with Crippen LogP contribution < -0.4 is 14.5 Å². The van der Waals surface area contributed by atoms with E-state index in [2.05, 4.69) is 5.10 Å². The van der Waals surface area contributed by atoms with Crippen molar-refractivity contribution in [1.82, 2.24) is 0 Å². The summed E-state index contributed by atoms with van der Waals surface area (Å²) in [5, 5.41) is 5.06. The number of amides is 1. The van der Waals surface area contributed by atoms with Gasteiger partial charge in [-0.15, -0.1) is 0 Å². The van der Waals surface area contributed by atoms with Crippen molar-refractivity contribution in [1.29, 1.82) is 0 Å². The van der Waals surface area contributed by atoms with Gasteiger partial charge in [-0.25, -0.2) is 0 Å². The van der Waals surface area contributed by atoms with Gasteiger partial charge in [-0.2, -0.15) is 23.3 Å². The van der Waals surface area contributed by atoms with Crippen molar-refractivity contribution in [2.75, 3.05) is 12.1 Å². The van der Waals surface area contributed by atoms with Gasteiger partial charge in [0.05, 0.1) is 33.2 Å². The average Bonchev–Trinajstić information content (AvgIpc) is 2.97. The van der Waals surface area contributed by atoms with E-state index in [0.717, 1.165) is 17.1 Å². The van der Waals surface area contributed by atoms with Crippen LogP contribution in [0.25, 0.3) is 6.08 Å². The number of rotatable bonds is 4. The third-order valence-corrected chi connectivity index (χ3v) is 5.09. The van der Waals surface area contributed by atoms with Gasteiger partial charge in [-0.05, 0) is 71.5 Å². The highest BCUT2D eigenvalue weighted by molar-refractivity contribution is 14.1. The van der Waals surface area contributed by atoms with Crippen molar-refractivity contribution in [2.45, 2.75) is 20.0 Å². The van der Waals surface area contributed by atoms with Crippen LogP contribution in [0.2, 0.25) is 0 Å². The molecule has 0 spiro atoms. The van der Waals surface area contributed by atoms with Crippen molar-refractivity contribution < 1.29 is 32.2 Å². The number of alkyl halides is 3. The maximum atomic E-state index is 13.0. The molecule has 0 saturated heterocycles. The summed E-state index contributed by atoms with van der Waals surface area (Å²) in [6, 6.07) is 7.67. The van der Waals surface area contributed by atoms with Crippen molar-refractivity contribution in [2.24, 2.45) is 5.10 Å². The zero-order chi connectivity index (χ0) is 22.9. The van der Waals surface area contributed by atoms with Gasteiger partial charge in [-0.3, -0.25) is 9.59 Å². The molecule has 0 unspecified atom stereocenters. The summed E-state index contributed by atoms with van der Waals surface area (Å²) in [4.78, 5) is 24.2. The number of methoxy groups -OCH3 is 1. The largest absolute Gasteiger partial charge is 0.493 e. The van der Waals surface area contributed by atoms with E-state index in [1.165, 1.54) is 26.2 Å². The first-order valence-corrected chi connectivity index (χ1v) is 9.94. The van der Waals surface area contributed by atoms with Crippen molar-refractivity contribution in [3.8, 4) is 11.5 Å². The zero-order valence-corrected chi connectivity index (χ0v) is 18.7. The van der Waals surface area contributed by atoms with Gasteiger partial charge in [0.25, 0.3) is 5.91 Å². The number of esters is 1. The molecule has 31 heavy (non-hydrogen) atoms. The number of carbonyl (C=O) groups is 2. The molecule has 162 valence electrons. The Morgan fingerprint density at radius 2 is 1.94 bits per heavy atom. The van der Waals surface area contributed by atoms with Crippen LogP contribution in [-0.4, -0.2) is 24.7 Å². The number of halogens is 4. The summed E-state index contributed by atoms with van der Waals surface area (Å²) >= 11 is 1.97. The quantitative estimate of drug-likeness (QED) is 0.234. The first-order chi connectivity index (χ1) is 14.5. The van der Waals surface area contributed by atoms with Crippen LogP contribution in [0.5, 0.6) is 11.5 Å². The lowest BCUT2D eigenvalue weighted by atomic mass is 10.1. The molecule has 2 aromatic carbocycles. The normalized spacial score (nSPS) is 15.3. The highest BCUT2D eigenvalue weighted by atomic mass is 127. The lowest BCUT2D eigenvalue weighted by molar-refractivity contribution is -0.137. The fourth-order valence-electron chi connectivity index (χ4n) is 2.91. The second-order valence-corrected chi connectivity index (χ2v) is 7.70. The molecule has 10 heteroatoms. The highest BCUT2D eigenvalue weighted by Gasteiger charge is 2.33. The number of carbonyl (C=O) groups excluding carboxylic acids is 2. The molecule has 0 atom stereocenters. The van der Waals surface area contributed by atoms with Gasteiger partial charge in [0.1, 0.15) is 0 Å². The van der Waals surface area contributed by atoms with Gasteiger partial charge in [0.2, 0.25) is 0 Å². The minimum atomic E-state index is -4.53. The van der Waals surface area contributed by atoms with Gasteiger partial charge in [-0.1, -0.05) is 6.07 Å². The summed E-state index contributed by atoms with van der Waals surface area (Å²) in [6.45, 7) is 2.86. The summed E-state index contributed by atoms with van der Waals surface area (Å²) in [5.74, 6) is -0.516. The Morgan fingerprint density at radius 3 is 2.55 bits per heavy atom. The minimum Gasteiger partial charge on any atom is -0.493 e. The third kappa shape index (κ3) is 4.89. The monoisotopic (exact) mass is 544 g/mol. The fourth-order valence-corrected chi connectivity index (χ4v) is 3.64.